The fraction of sp³-hybridized carbons (Fsp3) is 0.333. The lowest BCUT2D eigenvalue weighted by atomic mass is 10.3. The monoisotopic (exact) mass is 309 g/mol. The number of thioether (sulfide) groups is 1. The van der Waals surface area contributed by atoms with E-state index < -0.39 is 24.0 Å². The number of nitrogens with one attached hydrogen (secondary N) is 1. The van der Waals surface area contributed by atoms with Gasteiger partial charge in [-0.1, -0.05) is 24.3 Å². The third kappa shape index (κ3) is 6.35. The number of rotatable bonds is 9. The highest BCUT2D eigenvalue weighted by Crippen LogP contribution is 2.11. The van der Waals surface area contributed by atoms with Crippen LogP contribution in [0.4, 0.5) is 0 Å². The van der Waals surface area contributed by atoms with E-state index in [2.05, 4.69) is 11.9 Å². The van der Waals surface area contributed by atoms with Gasteiger partial charge in [-0.2, -0.15) is 11.8 Å². The molecule has 2 atom stereocenters. The number of ether oxygens (including phenoxy) is 1. The van der Waals surface area contributed by atoms with E-state index in [0.29, 0.717) is 11.5 Å². The molecular formula is C15H19NO4S. The van der Waals surface area contributed by atoms with E-state index in [1.807, 2.05) is 6.07 Å². The molecule has 0 spiro atoms. The Bertz CT molecular complexity index is 478. The minimum atomic E-state index is -1.06. The Morgan fingerprint density at radius 3 is 2.67 bits per heavy atom. The Kier molecular flexibility index (Phi) is 7.39. The van der Waals surface area contributed by atoms with Gasteiger partial charge in [0.05, 0.1) is 0 Å². The van der Waals surface area contributed by atoms with Crippen molar-refractivity contribution < 1.29 is 19.4 Å². The van der Waals surface area contributed by atoms with Crippen LogP contribution in [0.25, 0.3) is 0 Å². The second-order valence-electron chi connectivity index (χ2n) is 4.30. The molecule has 0 heterocycles. The highest BCUT2D eigenvalue weighted by atomic mass is 32.2. The normalized spacial score (nSPS) is 13.0. The quantitative estimate of drug-likeness (QED) is 0.538. The number of hydrogen-bond donors (Lipinski definition) is 2. The Labute approximate surface area is 128 Å². The van der Waals surface area contributed by atoms with Gasteiger partial charge in [0.15, 0.2) is 6.10 Å². The summed E-state index contributed by atoms with van der Waals surface area (Å²) in [6.45, 7) is 5.14. The third-order valence-electron chi connectivity index (χ3n) is 2.56. The Hall–Kier alpha value is -1.95. The molecule has 0 radical (unpaired) electrons. The topological polar surface area (TPSA) is 75.6 Å². The molecule has 6 heteroatoms. The van der Waals surface area contributed by atoms with Crippen LogP contribution in [0.3, 0.4) is 0 Å². The van der Waals surface area contributed by atoms with E-state index in [-0.39, 0.29) is 5.75 Å². The predicted molar refractivity (Wildman–Crippen MR) is 83.6 cm³/mol. The van der Waals surface area contributed by atoms with Crippen molar-refractivity contribution in [1.82, 2.24) is 5.32 Å². The number of benzene rings is 1. The number of para-hydroxylation sites is 1. The lowest BCUT2D eigenvalue weighted by Gasteiger charge is -2.18. The number of carbonyl (C=O) groups excluding carboxylic acids is 1. The van der Waals surface area contributed by atoms with Gasteiger partial charge in [0.25, 0.3) is 5.91 Å². The zero-order chi connectivity index (χ0) is 15.7. The number of hydrogen-bond acceptors (Lipinski definition) is 4. The molecule has 0 aliphatic carbocycles. The second kappa shape index (κ2) is 9.07. The molecule has 1 aromatic rings. The lowest BCUT2D eigenvalue weighted by molar-refractivity contribution is -0.142. The minimum Gasteiger partial charge on any atom is -0.481 e. The number of carboxylic acid groups (broad SMARTS) is 1. The van der Waals surface area contributed by atoms with Crippen molar-refractivity contribution >= 4 is 23.6 Å². The molecule has 21 heavy (non-hydrogen) atoms. The molecule has 0 saturated carbocycles. The maximum atomic E-state index is 12.0. The van der Waals surface area contributed by atoms with E-state index >= 15 is 0 Å². The standard InChI is InChI=1S/C15H19NO4S/c1-3-9-21-10-13(15(18)19)16-14(17)11(2)20-12-7-5-4-6-8-12/h3-8,11,13H,1,9-10H2,2H3,(H,16,17)(H,18,19). The molecule has 2 unspecified atom stereocenters. The van der Waals surface area contributed by atoms with Crippen molar-refractivity contribution in [3.63, 3.8) is 0 Å². The van der Waals surface area contributed by atoms with Crippen molar-refractivity contribution in [2.45, 2.75) is 19.1 Å². The molecule has 0 aliphatic rings. The average molecular weight is 309 g/mol. The molecular weight excluding hydrogens is 290 g/mol. The van der Waals surface area contributed by atoms with Gasteiger partial charge in [0.1, 0.15) is 11.8 Å². The maximum absolute atomic E-state index is 12.0. The summed E-state index contributed by atoms with van der Waals surface area (Å²) in [5.74, 6) is -0.0359. The molecule has 0 saturated heterocycles. The number of amides is 1. The summed E-state index contributed by atoms with van der Waals surface area (Å²) in [7, 11) is 0. The first kappa shape index (κ1) is 17.1. The Balaban J connectivity index is 2.51. The van der Waals surface area contributed by atoms with Crippen molar-refractivity contribution in [3.05, 3.63) is 43.0 Å². The molecule has 0 fully saturated rings. The predicted octanol–water partition coefficient (Wildman–Crippen LogP) is 1.94. The molecule has 114 valence electrons. The van der Waals surface area contributed by atoms with Gasteiger partial charge in [0, 0.05) is 11.5 Å². The molecule has 1 aromatic carbocycles. The second-order valence-corrected chi connectivity index (χ2v) is 5.37. The van der Waals surface area contributed by atoms with Crippen LogP contribution in [0.2, 0.25) is 0 Å². The maximum Gasteiger partial charge on any atom is 0.327 e. The van der Waals surface area contributed by atoms with Crippen molar-refractivity contribution in [3.8, 4) is 5.75 Å². The van der Waals surface area contributed by atoms with Crippen molar-refractivity contribution in [2.75, 3.05) is 11.5 Å². The minimum absolute atomic E-state index is 0.283. The van der Waals surface area contributed by atoms with Crippen LogP contribution >= 0.6 is 11.8 Å². The van der Waals surface area contributed by atoms with E-state index in [4.69, 9.17) is 9.84 Å². The van der Waals surface area contributed by atoms with Crippen molar-refractivity contribution in [1.29, 1.82) is 0 Å². The van der Waals surface area contributed by atoms with Gasteiger partial charge in [-0.15, -0.1) is 6.58 Å². The molecule has 5 nitrogen and oxygen atoms in total. The summed E-state index contributed by atoms with van der Waals surface area (Å²) in [6, 6.07) is 7.97. The van der Waals surface area contributed by atoms with Gasteiger partial charge in [0.2, 0.25) is 0 Å². The molecule has 0 bridgehead atoms. The average Bonchev–Trinajstić information content (AvgIpc) is 2.47. The van der Waals surface area contributed by atoms with Crippen LogP contribution in [-0.4, -0.2) is 40.6 Å². The number of carbonyl (C=O) groups is 2. The van der Waals surface area contributed by atoms with Gasteiger partial charge in [-0.05, 0) is 19.1 Å². The zero-order valence-corrected chi connectivity index (χ0v) is 12.6. The fourth-order valence-electron chi connectivity index (χ4n) is 1.49. The summed E-state index contributed by atoms with van der Waals surface area (Å²) in [6.07, 6.45) is 0.922. The fourth-order valence-corrected chi connectivity index (χ4v) is 2.25. The summed E-state index contributed by atoms with van der Waals surface area (Å²) in [5.41, 5.74) is 0. The smallest absolute Gasteiger partial charge is 0.327 e. The van der Waals surface area contributed by atoms with Crippen LogP contribution < -0.4 is 10.1 Å². The van der Waals surface area contributed by atoms with Gasteiger partial charge in [-0.25, -0.2) is 4.79 Å². The molecule has 1 rings (SSSR count). The first-order chi connectivity index (χ1) is 10.0. The van der Waals surface area contributed by atoms with Crippen LogP contribution in [-0.2, 0) is 9.59 Å². The van der Waals surface area contributed by atoms with Crippen LogP contribution in [0, 0.1) is 0 Å². The molecule has 0 aromatic heterocycles. The summed E-state index contributed by atoms with van der Waals surface area (Å²) in [5, 5.41) is 11.6. The number of carboxylic acids is 1. The largest absolute Gasteiger partial charge is 0.481 e. The Morgan fingerprint density at radius 1 is 1.43 bits per heavy atom. The molecule has 0 aliphatic heterocycles. The summed E-state index contributed by atoms with van der Waals surface area (Å²) in [4.78, 5) is 23.1. The first-order valence-electron chi connectivity index (χ1n) is 6.48. The summed E-state index contributed by atoms with van der Waals surface area (Å²) >= 11 is 1.39. The first-order valence-corrected chi connectivity index (χ1v) is 7.63. The molecule has 2 N–H and O–H groups in total. The van der Waals surface area contributed by atoms with Gasteiger partial charge >= 0.3 is 5.97 Å². The SMILES string of the molecule is C=CCSCC(NC(=O)C(C)Oc1ccccc1)C(=O)O. The van der Waals surface area contributed by atoms with E-state index in [1.54, 1.807) is 37.3 Å². The molecule has 1 amide bonds. The van der Waals surface area contributed by atoms with Crippen molar-refractivity contribution in [2.24, 2.45) is 0 Å². The van der Waals surface area contributed by atoms with Crippen LogP contribution in [0.15, 0.2) is 43.0 Å². The number of aliphatic carboxylic acids is 1. The summed E-state index contributed by atoms with van der Waals surface area (Å²) < 4.78 is 5.45. The Morgan fingerprint density at radius 2 is 2.10 bits per heavy atom. The van der Waals surface area contributed by atoms with Gasteiger partial charge < -0.3 is 15.2 Å². The van der Waals surface area contributed by atoms with E-state index in [0.717, 1.165) is 0 Å². The third-order valence-corrected chi connectivity index (χ3v) is 3.60. The van der Waals surface area contributed by atoms with E-state index in [1.165, 1.54) is 11.8 Å². The van der Waals surface area contributed by atoms with Crippen LogP contribution in [0.1, 0.15) is 6.92 Å². The lowest BCUT2D eigenvalue weighted by Crippen LogP contribution is -2.47. The van der Waals surface area contributed by atoms with Crippen LogP contribution in [0.5, 0.6) is 5.75 Å². The highest BCUT2D eigenvalue weighted by molar-refractivity contribution is 7.99. The zero-order valence-electron chi connectivity index (χ0n) is 11.8. The highest BCUT2D eigenvalue weighted by Gasteiger charge is 2.23. The van der Waals surface area contributed by atoms with E-state index in [9.17, 15) is 9.59 Å². The van der Waals surface area contributed by atoms with Gasteiger partial charge in [-0.3, -0.25) is 4.79 Å².